The van der Waals surface area contributed by atoms with Crippen molar-refractivity contribution in [3.63, 3.8) is 0 Å². The van der Waals surface area contributed by atoms with Crippen LogP contribution >= 0.6 is 22.7 Å². The van der Waals surface area contributed by atoms with Crippen molar-refractivity contribution in [1.82, 2.24) is 15.2 Å². The molecule has 1 aliphatic carbocycles. The van der Waals surface area contributed by atoms with Crippen molar-refractivity contribution in [2.24, 2.45) is 5.92 Å². The number of thiazole rings is 1. The van der Waals surface area contributed by atoms with Crippen LogP contribution in [-0.2, 0) is 11.2 Å². The number of hydrogen-bond acceptors (Lipinski definition) is 5. The molecule has 2 aliphatic rings. The molecule has 0 aromatic carbocycles. The minimum absolute atomic E-state index is 0.143. The van der Waals surface area contributed by atoms with Crippen molar-refractivity contribution in [3.05, 3.63) is 38.5 Å². The molecule has 26 heavy (non-hydrogen) atoms. The summed E-state index contributed by atoms with van der Waals surface area (Å²) in [5, 5.41) is 8.16. The van der Waals surface area contributed by atoms with E-state index in [0.29, 0.717) is 12.5 Å². The normalized spacial score (nSPS) is 20.2. The highest BCUT2D eigenvalue weighted by atomic mass is 32.1. The maximum Gasteiger partial charge on any atom is 0.263 e. The van der Waals surface area contributed by atoms with Gasteiger partial charge >= 0.3 is 0 Å². The summed E-state index contributed by atoms with van der Waals surface area (Å²) in [7, 11) is 0. The molecule has 4 rings (SSSR count). The number of aromatic nitrogens is 1. The Morgan fingerprint density at radius 3 is 2.92 bits per heavy atom. The molecule has 1 saturated heterocycles. The topological polar surface area (TPSA) is 62.3 Å². The van der Waals surface area contributed by atoms with Crippen molar-refractivity contribution in [2.45, 2.75) is 38.0 Å². The Kier molecular flexibility index (Phi) is 5.36. The van der Waals surface area contributed by atoms with Gasteiger partial charge in [0.2, 0.25) is 5.91 Å². The number of amides is 2. The number of rotatable bonds is 6. The van der Waals surface area contributed by atoms with E-state index in [1.807, 2.05) is 22.4 Å². The number of likely N-dealkylation sites (tertiary alicyclic amines) is 1. The standard InChI is InChI=1S/C19H23N3O2S2/c23-17(13-5-6-13)20-8-7-15-12-26-18(21-15)14-3-1-9-22(11-14)19(24)16-4-2-10-25-16/h2,4,10,12-14H,1,3,5-9,11H2,(H,20,23)/t14-/m1/s1. The van der Waals surface area contributed by atoms with Crippen LogP contribution in [0.5, 0.6) is 0 Å². The number of thiophene rings is 1. The van der Waals surface area contributed by atoms with Gasteiger partial charge in [0.15, 0.2) is 0 Å². The lowest BCUT2D eigenvalue weighted by atomic mass is 9.98. The predicted molar refractivity (Wildman–Crippen MR) is 104 cm³/mol. The van der Waals surface area contributed by atoms with Crippen molar-refractivity contribution in [1.29, 1.82) is 0 Å². The second kappa shape index (κ2) is 7.88. The molecule has 2 fully saturated rings. The van der Waals surface area contributed by atoms with Gasteiger partial charge in [-0.3, -0.25) is 9.59 Å². The van der Waals surface area contributed by atoms with Gasteiger partial charge in [0.1, 0.15) is 0 Å². The third kappa shape index (κ3) is 4.15. The lowest BCUT2D eigenvalue weighted by Gasteiger charge is -2.31. The number of carbonyl (C=O) groups is 2. The van der Waals surface area contributed by atoms with E-state index in [-0.39, 0.29) is 17.7 Å². The van der Waals surface area contributed by atoms with Crippen LogP contribution in [0.3, 0.4) is 0 Å². The fourth-order valence-corrected chi connectivity index (χ4v) is 5.02. The number of carbonyl (C=O) groups excluding carboxylic acids is 2. The van der Waals surface area contributed by atoms with E-state index in [0.717, 1.165) is 60.8 Å². The van der Waals surface area contributed by atoms with Crippen LogP contribution in [-0.4, -0.2) is 41.3 Å². The van der Waals surface area contributed by atoms with Crippen molar-refractivity contribution < 1.29 is 9.59 Å². The molecule has 138 valence electrons. The SMILES string of the molecule is O=C(NCCc1csc([C@@H]2CCCN(C(=O)c3cccs3)C2)n1)C1CC1. The fourth-order valence-electron chi connectivity index (χ4n) is 3.35. The molecule has 3 heterocycles. The summed E-state index contributed by atoms with van der Waals surface area (Å²) in [6.45, 7) is 2.24. The molecule has 1 N–H and O–H groups in total. The maximum atomic E-state index is 12.6. The Morgan fingerprint density at radius 2 is 2.15 bits per heavy atom. The van der Waals surface area contributed by atoms with Crippen LogP contribution < -0.4 is 5.32 Å². The molecule has 2 aromatic heterocycles. The Hall–Kier alpha value is -1.73. The molecule has 7 heteroatoms. The molecule has 1 saturated carbocycles. The van der Waals surface area contributed by atoms with Crippen LogP contribution in [0.25, 0.3) is 0 Å². The van der Waals surface area contributed by atoms with Gasteiger partial charge < -0.3 is 10.2 Å². The van der Waals surface area contributed by atoms with E-state index < -0.39 is 0 Å². The largest absolute Gasteiger partial charge is 0.355 e. The average Bonchev–Trinajstić information content (AvgIpc) is 3.18. The monoisotopic (exact) mass is 389 g/mol. The minimum atomic E-state index is 0.143. The number of hydrogen-bond donors (Lipinski definition) is 1. The van der Waals surface area contributed by atoms with E-state index in [1.165, 1.54) is 11.3 Å². The molecule has 1 aliphatic heterocycles. The molecular formula is C19H23N3O2S2. The molecule has 2 aromatic rings. The average molecular weight is 390 g/mol. The molecule has 2 amide bonds. The second-order valence-corrected chi connectivity index (χ2v) is 8.90. The molecule has 0 radical (unpaired) electrons. The molecular weight excluding hydrogens is 366 g/mol. The number of nitrogens with zero attached hydrogens (tertiary/aromatic N) is 2. The Balaban J connectivity index is 1.31. The van der Waals surface area contributed by atoms with E-state index >= 15 is 0 Å². The Labute approximate surface area is 161 Å². The van der Waals surface area contributed by atoms with Gasteiger partial charge in [-0.05, 0) is 37.1 Å². The highest BCUT2D eigenvalue weighted by molar-refractivity contribution is 7.12. The second-order valence-electron chi connectivity index (χ2n) is 7.06. The van der Waals surface area contributed by atoms with E-state index in [4.69, 9.17) is 4.98 Å². The lowest BCUT2D eigenvalue weighted by Crippen LogP contribution is -2.38. The summed E-state index contributed by atoms with van der Waals surface area (Å²) >= 11 is 3.19. The smallest absolute Gasteiger partial charge is 0.263 e. The summed E-state index contributed by atoms with van der Waals surface area (Å²) in [5.74, 6) is 0.919. The van der Waals surface area contributed by atoms with Gasteiger partial charge in [-0.15, -0.1) is 22.7 Å². The van der Waals surface area contributed by atoms with E-state index in [9.17, 15) is 9.59 Å². The zero-order chi connectivity index (χ0) is 17.9. The first-order valence-electron chi connectivity index (χ1n) is 9.25. The summed E-state index contributed by atoms with van der Waals surface area (Å²) in [6, 6.07) is 3.82. The summed E-state index contributed by atoms with van der Waals surface area (Å²) in [4.78, 5) is 31.8. The number of nitrogens with one attached hydrogen (secondary N) is 1. The van der Waals surface area contributed by atoms with E-state index in [1.54, 1.807) is 11.3 Å². The fraction of sp³-hybridized carbons (Fsp3) is 0.526. The molecule has 5 nitrogen and oxygen atoms in total. The highest BCUT2D eigenvalue weighted by Crippen LogP contribution is 2.31. The third-order valence-electron chi connectivity index (χ3n) is 4.99. The van der Waals surface area contributed by atoms with Crippen LogP contribution in [0.15, 0.2) is 22.9 Å². The minimum Gasteiger partial charge on any atom is -0.355 e. The van der Waals surface area contributed by atoms with E-state index in [2.05, 4.69) is 10.7 Å². The molecule has 0 spiro atoms. The zero-order valence-electron chi connectivity index (χ0n) is 14.6. The molecule has 0 bridgehead atoms. The quantitative estimate of drug-likeness (QED) is 0.825. The molecule has 0 unspecified atom stereocenters. The van der Waals surface area contributed by atoms with Gasteiger partial charge in [0.25, 0.3) is 5.91 Å². The summed E-state index contributed by atoms with van der Waals surface area (Å²) in [6.07, 6.45) is 4.96. The van der Waals surface area contributed by atoms with Crippen LogP contribution in [0, 0.1) is 5.92 Å². The van der Waals surface area contributed by atoms with Gasteiger partial charge in [0, 0.05) is 43.3 Å². The van der Waals surface area contributed by atoms with Gasteiger partial charge in [0.05, 0.1) is 15.6 Å². The Morgan fingerprint density at radius 1 is 1.27 bits per heavy atom. The van der Waals surface area contributed by atoms with Crippen molar-refractivity contribution >= 4 is 34.5 Å². The summed E-state index contributed by atoms with van der Waals surface area (Å²) < 4.78 is 0. The van der Waals surface area contributed by atoms with Crippen molar-refractivity contribution in [2.75, 3.05) is 19.6 Å². The van der Waals surface area contributed by atoms with Crippen LogP contribution in [0.4, 0.5) is 0 Å². The van der Waals surface area contributed by atoms with Crippen molar-refractivity contribution in [3.8, 4) is 0 Å². The maximum absolute atomic E-state index is 12.6. The number of piperidine rings is 1. The highest BCUT2D eigenvalue weighted by Gasteiger charge is 2.29. The molecule has 1 atom stereocenters. The first kappa shape index (κ1) is 17.7. The first-order valence-corrected chi connectivity index (χ1v) is 11.0. The van der Waals surface area contributed by atoms with Gasteiger partial charge in [-0.25, -0.2) is 4.98 Å². The zero-order valence-corrected chi connectivity index (χ0v) is 16.3. The van der Waals surface area contributed by atoms with Gasteiger partial charge in [-0.2, -0.15) is 0 Å². The van der Waals surface area contributed by atoms with Crippen LogP contribution in [0.2, 0.25) is 0 Å². The lowest BCUT2D eigenvalue weighted by molar-refractivity contribution is -0.122. The summed E-state index contributed by atoms with van der Waals surface area (Å²) in [5.41, 5.74) is 1.04. The Bertz CT molecular complexity index is 768. The third-order valence-corrected chi connectivity index (χ3v) is 6.90. The predicted octanol–water partition coefficient (Wildman–Crippen LogP) is 3.29. The van der Waals surface area contributed by atoms with Crippen LogP contribution in [0.1, 0.15) is 52.0 Å². The van der Waals surface area contributed by atoms with Gasteiger partial charge in [-0.1, -0.05) is 6.07 Å². The first-order chi connectivity index (χ1) is 12.7.